The van der Waals surface area contributed by atoms with Crippen LogP contribution < -0.4 is 0 Å². The highest BCUT2D eigenvalue weighted by Crippen LogP contribution is 2.26. The van der Waals surface area contributed by atoms with E-state index in [1.54, 1.807) is 4.90 Å². The molecule has 13 heavy (non-hydrogen) atoms. The zero-order valence-corrected chi connectivity index (χ0v) is 7.60. The SMILES string of the molecule is N#CCCCCCN1CC(F)(F)C1. The van der Waals surface area contributed by atoms with E-state index in [4.69, 9.17) is 5.26 Å². The molecule has 0 aromatic heterocycles. The highest BCUT2D eigenvalue weighted by molar-refractivity contribution is 4.86. The van der Waals surface area contributed by atoms with E-state index in [0.29, 0.717) is 6.42 Å². The van der Waals surface area contributed by atoms with E-state index in [-0.39, 0.29) is 13.1 Å². The highest BCUT2D eigenvalue weighted by atomic mass is 19.3. The third kappa shape index (κ3) is 3.69. The summed E-state index contributed by atoms with van der Waals surface area (Å²) < 4.78 is 24.7. The van der Waals surface area contributed by atoms with Crippen molar-refractivity contribution in [1.82, 2.24) is 4.90 Å². The van der Waals surface area contributed by atoms with Crippen molar-refractivity contribution in [1.29, 1.82) is 5.26 Å². The van der Waals surface area contributed by atoms with Crippen molar-refractivity contribution < 1.29 is 8.78 Å². The Bertz CT molecular complexity index is 190. The number of hydrogen-bond donors (Lipinski definition) is 0. The monoisotopic (exact) mass is 188 g/mol. The van der Waals surface area contributed by atoms with Crippen LogP contribution >= 0.6 is 0 Å². The second kappa shape index (κ2) is 4.52. The summed E-state index contributed by atoms with van der Waals surface area (Å²) in [6.07, 6.45) is 3.37. The topological polar surface area (TPSA) is 27.0 Å². The Labute approximate surface area is 77.1 Å². The lowest BCUT2D eigenvalue weighted by Gasteiger charge is -2.38. The first-order valence-corrected chi connectivity index (χ1v) is 4.61. The van der Waals surface area contributed by atoms with Gasteiger partial charge in [-0.3, -0.25) is 4.90 Å². The van der Waals surface area contributed by atoms with Gasteiger partial charge in [-0.15, -0.1) is 0 Å². The summed E-state index contributed by atoms with van der Waals surface area (Å²) in [7, 11) is 0. The van der Waals surface area contributed by atoms with Crippen LogP contribution in [0.2, 0.25) is 0 Å². The number of likely N-dealkylation sites (tertiary alicyclic amines) is 1. The van der Waals surface area contributed by atoms with Crippen LogP contribution in [0.15, 0.2) is 0 Å². The fourth-order valence-corrected chi connectivity index (χ4v) is 1.48. The molecule has 1 heterocycles. The summed E-state index contributed by atoms with van der Waals surface area (Å²) in [5.41, 5.74) is 0. The van der Waals surface area contributed by atoms with Crippen LogP contribution in [0, 0.1) is 11.3 Å². The third-order valence-electron chi connectivity index (χ3n) is 2.17. The predicted octanol–water partition coefficient (Wildman–Crippen LogP) is 2.02. The van der Waals surface area contributed by atoms with E-state index in [1.165, 1.54) is 0 Å². The molecule has 1 aliphatic rings. The zero-order valence-electron chi connectivity index (χ0n) is 7.60. The largest absolute Gasteiger partial charge is 0.291 e. The van der Waals surface area contributed by atoms with Gasteiger partial charge < -0.3 is 0 Å². The molecule has 0 aliphatic carbocycles. The van der Waals surface area contributed by atoms with Crippen LogP contribution in [-0.2, 0) is 0 Å². The highest BCUT2D eigenvalue weighted by Gasteiger charge is 2.42. The molecule has 0 aromatic carbocycles. The number of rotatable bonds is 5. The average molecular weight is 188 g/mol. The molecule has 1 rings (SSSR count). The first-order valence-electron chi connectivity index (χ1n) is 4.61. The summed E-state index contributed by atoms with van der Waals surface area (Å²) >= 11 is 0. The number of alkyl halides is 2. The van der Waals surface area contributed by atoms with E-state index in [1.807, 2.05) is 0 Å². The molecule has 0 unspecified atom stereocenters. The molecule has 0 saturated carbocycles. The van der Waals surface area contributed by atoms with Gasteiger partial charge in [0.2, 0.25) is 0 Å². The fourth-order valence-electron chi connectivity index (χ4n) is 1.48. The summed E-state index contributed by atoms with van der Waals surface area (Å²) in [5.74, 6) is -2.44. The van der Waals surface area contributed by atoms with E-state index in [2.05, 4.69) is 6.07 Å². The predicted molar refractivity (Wildman–Crippen MR) is 45.5 cm³/mol. The maximum atomic E-state index is 12.3. The fraction of sp³-hybridized carbons (Fsp3) is 0.889. The lowest BCUT2D eigenvalue weighted by molar-refractivity contribution is -0.130. The Kier molecular flexibility index (Phi) is 3.61. The van der Waals surface area contributed by atoms with Gasteiger partial charge in [0.1, 0.15) is 0 Å². The van der Waals surface area contributed by atoms with Crippen LogP contribution in [-0.4, -0.2) is 30.5 Å². The second-order valence-corrected chi connectivity index (χ2v) is 3.54. The van der Waals surface area contributed by atoms with Crippen molar-refractivity contribution in [3.8, 4) is 6.07 Å². The molecule has 0 radical (unpaired) electrons. The Morgan fingerprint density at radius 2 is 1.92 bits per heavy atom. The summed E-state index contributed by atoms with van der Waals surface area (Å²) in [5, 5.41) is 8.24. The summed E-state index contributed by atoms with van der Waals surface area (Å²) in [6, 6.07) is 2.06. The van der Waals surface area contributed by atoms with Crippen molar-refractivity contribution in [2.24, 2.45) is 0 Å². The van der Waals surface area contributed by atoms with Gasteiger partial charge >= 0.3 is 0 Å². The Morgan fingerprint density at radius 3 is 2.46 bits per heavy atom. The van der Waals surface area contributed by atoms with Gasteiger partial charge in [0.25, 0.3) is 5.92 Å². The first kappa shape index (κ1) is 10.4. The third-order valence-corrected chi connectivity index (χ3v) is 2.17. The van der Waals surface area contributed by atoms with Gasteiger partial charge in [-0.1, -0.05) is 6.42 Å². The number of halogens is 2. The normalized spacial score (nSPS) is 20.7. The molecular weight excluding hydrogens is 174 g/mol. The second-order valence-electron chi connectivity index (χ2n) is 3.54. The molecular formula is C9H14F2N2. The smallest absolute Gasteiger partial charge is 0.272 e. The van der Waals surface area contributed by atoms with E-state index < -0.39 is 5.92 Å². The minimum Gasteiger partial charge on any atom is -0.291 e. The van der Waals surface area contributed by atoms with Crippen molar-refractivity contribution >= 4 is 0 Å². The molecule has 1 saturated heterocycles. The molecule has 1 fully saturated rings. The van der Waals surface area contributed by atoms with Gasteiger partial charge in [-0.05, 0) is 19.4 Å². The Hall–Kier alpha value is -0.690. The van der Waals surface area contributed by atoms with Gasteiger partial charge in [-0.25, -0.2) is 8.78 Å². The summed E-state index contributed by atoms with van der Waals surface area (Å²) in [6.45, 7) is 0.595. The van der Waals surface area contributed by atoms with E-state index >= 15 is 0 Å². The quantitative estimate of drug-likeness (QED) is 0.617. The zero-order chi connectivity index (χ0) is 9.73. The van der Waals surface area contributed by atoms with Crippen molar-refractivity contribution in [3.05, 3.63) is 0 Å². The number of nitrogens with zero attached hydrogens (tertiary/aromatic N) is 2. The van der Waals surface area contributed by atoms with Crippen LogP contribution in [0.3, 0.4) is 0 Å². The molecule has 2 nitrogen and oxygen atoms in total. The molecule has 0 amide bonds. The number of unbranched alkanes of at least 4 members (excludes halogenated alkanes) is 3. The minimum atomic E-state index is -2.44. The Balaban J connectivity index is 1.89. The van der Waals surface area contributed by atoms with Gasteiger partial charge in [0.05, 0.1) is 19.2 Å². The van der Waals surface area contributed by atoms with Crippen molar-refractivity contribution in [2.45, 2.75) is 31.6 Å². The lowest BCUT2D eigenvalue weighted by atomic mass is 10.1. The molecule has 74 valence electrons. The lowest BCUT2D eigenvalue weighted by Crippen LogP contribution is -2.56. The molecule has 0 N–H and O–H groups in total. The number of nitriles is 1. The van der Waals surface area contributed by atoms with Crippen LogP contribution in [0.25, 0.3) is 0 Å². The van der Waals surface area contributed by atoms with E-state index in [9.17, 15) is 8.78 Å². The van der Waals surface area contributed by atoms with Crippen LogP contribution in [0.5, 0.6) is 0 Å². The molecule has 0 bridgehead atoms. The van der Waals surface area contributed by atoms with Crippen molar-refractivity contribution in [2.75, 3.05) is 19.6 Å². The maximum Gasteiger partial charge on any atom is 0.272 e. The minimum absolute atomic E-state index is 0.0781. The van der Waals surface area contributed by atoms with Crippen LogP contribution in [0.4, 0.5) is 8.78 Å². The molecule has 0 aromatic rings. The average Bonchev–Trinajstić information content (AvgIpc) is 2.00. The van der Waals surface area contributed by atoms with Gasteiger partial charge in [0, 0.05) is 6.42 Å². The molecule has 0 spiro atoms. The summed E-state index contributed by atoms with van der Waals surface area (Å²) in [4.78, 5) is 1.76. The maximum absolute atomic E-state index is 12.3. The standard InChI is InChI=1S/C9H14F2N2/c10-9(11)7-13(8-9)6-4-2-1-3-5-12/h1-4,6-8H2. The molecule has 0 atom stereocenters. The van der Waals surface area contributed by atoms with Gasteiger partial charge in [0.15, 0.2) is 0 Å². The molecule has 4 heteroatoms. The Morgan fingerprint density at radius 1 is 1.23 bits per heavy atom. The molecule has 1 aliphatic heterocycles. The van der Waals surface area contributed by atoms with E-state index in [0.717, 1.165) is 25.8 Å². The van der Waals surface area contributed by atoms with Gasteiger partial charge in [-0.2, -0.15) is 5.26 Å². The van der Waals surface area contributed by atoms with Crippen molar-refractivity contribution in [3.63, 3.8) is 0 Å². The first-order chi connectivity index (χ1) is 6.14. The number of hydrogen-bond acceptors (Lipinski definition) is 2. The van der Waals surface area contributed by atoms with Crippen LogP contribution in [0.1, 0.15) is 25.7 Å².